The molecular weight excluding hydrogens is 390 g/mol. The summed E-state index contributed by atoms with van der Waals surface area (Å²) in [4.78, 5) is 15.9. The van der Waals surface area contributed by atoms with Crippen molar-refractivity contribution in [3.63, 3.8) is 0 Å². The van der Waals surface area contributed by atoms with Crippen molar-refractivity contribution in [1.82, 2.24) is 0 Å². The number of rotatable bonds is 2. The summed E-state index contributed by atoms with van der Waals surface area (Å²) in [6, 6.07) is 10.9. The average Bonchev–Trinajstić information content (AvgIpc) is 2.97. The molecule has 0 bridgehead atoms. The minimum atomic E-state index is -0.493. The molecule has 2 heterocycles. The Labute approximate surface area is 131 Å². The lowest BCUT2D eigenvalue weighted by Crippen LogP contribution is -2.04. The van der Waals surface area contributed by atoms with Crippen LogP contribution in [0.25, 0.3) is 6.08 Å². The van der Waals surface area contributed by atoms with Crippen molar-refractivity contribution < 1.29 is 13.9 Å². The van der Waals surface area contributed by atoms with E-state index in [2.05, 4.69) is 36.9 Å². The molecule has 100 valence electrons. The number of halogens is 2. The first-order valence-electron chi connectivity index (χ1n) is 5.66. The molecule has 0 saturated carbocycles. The lowest BCUT2D eigenvalue weighted by molar-refractivity contribution is -0.130. The highest BCUT2D eigenvalue weighted by Gasteiger charge is 2.26. The molecular formula is C14H7Br2NO3. The summed E-state index contributed by atoms with van der Waals surface area (Å²) in [5.41, 5.74) is 1.10. The smallest absolute Gasteiger partial charge is 0.363 e. The normalized spacial score (nSPS) is 16.4. The van der Waals surface area contributed by atoms with Crippen LogP contribution in [0, 0.1) is 0 Å². The van der Waals surface area contributed by atoms with E-state index in [9.17, 15) is 4.79 Å². The number of carbonyl (C=O) groups excluding carboxylic acids is 1. The molecule has 2 aromatic rings. The highest BCUT2D eigenvalue weighted by molar-refractivity contribution is 9.10. The second-order valence-electron chi connectivity index (χ2n) is 3.99. The van der Waals surface area contributed by atoms with Gasteiger partial charge in [0.05, 0.1) is 0 Å². The predicted molar refractivity (Wildman–Crippen MR) is 81.2 cm³/mol. The second kappa shape index (κ2) is 5.38. The van der Waals surface area contributed by atoms with E-state index >= 15 is 0 Å². The maximum atomic E-state index is 11.8. The van der Waals surface area contributed by atoms with Crippen LogP contribution in [0.15, 0.2) is 60.6 Å². The SMILES string of the molecule is O=C1OC(c2ccc(Br)o2)=N/C1=C/c1cccc(Br)c1. The summed E-state index contributed by atoms with van der Waals surface area (Å²) in [6.07, 6.45) is 1.66. The molecule has 0 fully saturated rings. The number of carbonyl (C=O) groups is 1. The topological polar surface area (TPSA) is 51.8 Å². The molecule has 0 unspecified atom stereocenters. The monoisotopic (exact) mass is 395 g/mol. The Bertz CT molecular complexity index is 746. The van der Waals surface area contributed by atoms with Gasteiger partial charge in [-0.2, -0.15) is 0 Å². The van der Waals surface area contributed by atoms with Crippen molar-refractivity contribution in [2.45, 2.75) is 0 Å². The molecule has 1 aliphatic heterocycles. The first kappa shape index (κ1) is 13.3. The summed E-state index contributed by atoms with van der Waals surface area (Å²) in [7, 11) is 0. The van der Waals surface area contributed by atoms with Crippen molar-refractivity contribution in [3.8, 4) is 0 Å². The third-order valence-electron chi connectivity index (χ3n) is 2.56. The number of esters is 1. The van der Waals surface area contributed by atoms with E-state index in [1.54, 1.807) is 18.2 Å². The second-order valence-corrected chi connectivity index (χ2v) is 5.69. The Morgan fingerprint density at radius 3 is 2.70 bits per heavy atom. The fourth-order valence-corrected chi connectivity index (χ4v) is 2.42. The van der Waals surface area contributed by atoms with Gasteiger partial charge in [-0.05, 0) is 51.8 Å². The summed E-state index contributed by atoms with van der Waals surface area (Å²) < 4.78 is 11.9. The number of hydrogen-bond donors (Lipinski definition) is 0. The number of nitrogens with zero attached hydrogens (tertiary/aromatic N) is 1. The molecule has 1 aromatic carbocycles. The van der Waals surface area contributed by atoms with Gasteiger partial charge in [-0.3, -0.25) is 0 Å². The molecule has 0 spiro atoms. The van der Waals surface area contributed by atoms with Crippen LogP contribution in [0.1, 0.15) is 11.3 Å². The van der Waals surface area contributed by atoms with E-state index in [1.807, 2.05) is 24.3 Å². The quantitative estimate of drug-likeness (QED) is 0.566. The van der Waals surface area contributed by atoms with Crippen molar-refractivity contribution in [2.24, 2.45) is 4.99 Å². The van der Waals surface area contributed by atoms with Gasteiger partial charge < -0.3 is 9.15 Å². The first-order valence-corrected chi connectivity index (χ1v) is 7.24. The molecule has 1 aromatic heterocycles. The minimum absolute atomic E-state index is 0.168. The van der Waals surface area contributed by atoms with Crippen LogP contribution in [-0.2, 0) is 9.53 Å². The summed E-state index contributed by atoms with van der Waals surface area (Å²) in [6.45, 7) is 0. The van der Waals surface area contributed by atoms with Crippen LogP contribution in [0.5, 0.6) is 0 Å². The van der Waals surface area contributed by atoms with Crippen molar-refractivity contribution in [3.05, 3.63) is 62.6 Å². The van der Waals surface area contributed by atoms with Gasteiger partial charge in [-0.25, -0.2) is 9.79 Å². The van der Waals surface area contributed by atoms with Gasteiger partial charge in [0.25, 0.3) is 5.90 Å². The third-order valence-corrected chi connectivity index (χ3v) is 3.48. The predicted octanol–water partition coefficient (Wildman–Crippen LogP) is 4.15. The lowest BCUT2D eigenvalue weighted by Gasteiger charge is -1.94. The Morgan fingerprint density at radius 2 is 2.00 bits per heavy atom. The zero-order valence-electron chi connectivity index (χ0n) is 9.97. The van der Waals surface area contributed by atoms with E-state index in [0.29, 0.717) is 10.4 Å². The Morgan fingerprint density at radius 1 is 1.15 bits per heavy atom. The summed E-state index contributed by atoms with van der Waals surface area (Å²) in [5.74, 6) is 0.0808. The maximum Gasteiger partial charge on any atom is 0.363 e. The number of furan rings is 1. The van der Waals surface area contributed by atoms with Gasteiger partial charge in [0.2, 0.25) is 0 Å². The lowest BCUT2D eigenvalue weighted by atomic mass is 10.2. The average molecular weight is 397 g/mol. The van der Waals surface area contributed by atoms with Gasteiger partial charge in [-0.1, -0.05) is 28.1 Å². The van der Waals surface area contributed by atoms with Crippen LogP contribution in [0.3, 0.4) is 0 Å². The van der Waals surface area contributed by atoms with Crippen LogP contribution in [0.4, 0.5) is 0 Å². The molecule has 0 aliphatic carbocycles. The number of hydrogen-bond acceptors (Lipinski definition) is 4. The molecule has 6 heteroatoms. The standard InChI is InChI=1S/C14H7Br2NO3/c15-9-3-1-2-8(6-9)7-10-14(18)20-13(17-10)11-4-5-12(16)19-11/h1-7H/b10-7+. The molecule has 0 N–H and O–H groups in total. The van der Waals surface area contributed by atoms with E-state index in [1.165, 1.54) is 0 Å². The zero-order valence-corrected chi connectivity index (χ0v) is 13.1. The van der Waals surface area contributed by atoms with Crippen LogP contribution in [0.2, 0.25) is 0 Å². The van der Waals surface area contributed by atoms with E-state index in [-0.39, 0.29) is 11.6 Å². The van der Waals surface area contributed by atoms with Crippen molar-refractivity contribution >= 4 is 49.8 Å². The van der Waals surface area contributed by atoms with Crippen LogP contribution >= 0.6 is 31.9 Å². The fraction of sp³-hybridized carbons (Fsp3) is 0. The molecule has 0 radical (unpaired) electrons. The summed E-state index contributed by atoms with van der Waals surface area (Å²) in [5, 5.41) is 0. The largest absolute Gasteiger partial charge is 0.444 e. The maximum absolute atomic E-state index is 11.8. The van der Waals surface area contributed by atoms with E-state index in [0.717, 1.165) is 10.0 Å². The molecule has 0 saturated heterocycles. The van der Waals surface area contributed by atoms with E-state index in [4.69, 9.17) is 9.15 Å². The minimum Gasteiger partial charge on any atom is -0.444 e. The van der Waals surface area contributed by atoms with Gasteiger partial charge in [-0.15, -0.1) is 0 Å². The number of aliphatic imine (C=N–C) groups is 1. The van der Waals surface area contributed by atoms with Gasteiger partial charge in [0.15, 0.2) is 16.1 Å². The molecule has 0 atom stereocenters. The molecule has 0 amide bonds. The Kier molecular flexibility index (Phi) is 3.58. The molecule has 20 heavy (non-hydrogen) atoms. The highest BCUT2D eigenvalue weighted by Crippen LogP contribution is 2.23. The molecule has 4 nitrogen and oxygen atoms in total. The van der Waals surface area contributed by atoms with Crippen LogP contribution in [-0.4, -0.2) is 11.9 Å². The number of cyclic esters (lactones) is 1. The fourth-order valence-electron chi connectivity index (χ4n) is 1.70. The highest BCUT2D eigenvalue weighted by atomic mass is 79.9. The Hall–Kier alpha value is -1.66. The zero-order chi connectivity index (χ0) is 14.1. The van der Waals surface area contributed by atoms with Crippen molar-refractivity contribution in [2.75, 3.05) is 0 Å². The van der Waals surface area contributed by atoms with Crippen molar-refractivity contribution in [1.29, 1.82) is 0 Å². The first-order chi connectivity index (χ1) is 9.61. The number of benzene rings is 1. The van der Waals surface area contributed by atoms with Gasteiger partial charge in [0.1, 0.15) is 0 Å². The Balaban J connectivity index is 1.94. The van der Waals surface area contributed by atoms with Crippen LogP contribution < -0.4 is 0 Å². The number of ether oxygens (including phenoxy) is 1. The van der Waals surface area contributed by atoms with E-state index < -0.39 is 5.97 Å². The van der Waals surface area contributed by atoms with Gasteiger partial charge >= 0.3 is 5.97 Å². The molecule has 3 rings (SSSR count). The summed E-state index contributed by atoms with van der Waals surface area (Å²) >= 11 is 6.57. The third kappa shape index (κ3) is 2.76. The van der Waals surface area contributed by atoms with Gasteiger partial charge in [0, 0.05) is 4.47 Å². The molecule has 1 aliphatic rings.